The van der Waals surface area contributed by atoms with Crippen LogP contribution in [-0.4, -0.2) is 69.5 Å². The first-order chi connectivity index (χ1) is 10.6. The number of aliphatic imine (C=N–C) groups is 1. The van der Waals surface area contributed by atoms with Gasteiger partial charge >= 0.3 is 5.97 Å². The average molecular weight is 347 g/mol. The van der Waals surface area contributed by atoms with Gasteiger partial charge in [-0.15, -0.1) is 0 Å². The summed E-state index contributed by atoms with van der Waals surface area (Å²) in [7, 11) is -1.52. The van der Waals surface area contributed by atoms with Gasteiger partial charge in [-0.05, 0) is 33.6 Å². The van der Waals surface area contributed by atoms with Crippen LogP contribution in [0, 0.1) is 5.92 Å². The summed E-state index contributed by atoms with van der Waals surface area (Å²) in [6.07, 6.45) is 2.91. The normalized spacial score (nSPS) is 20.3. The van der Waals surface area contributed by atoms with Crippen molar-refractivity contribution >= 4 is 21.8 Å². The average Bonchev–Trinajstić information content (AvgIpc) is 2.47. The zero-order valence-corrected chi connectivity index (χ0v) is 15.6. The first-order valence-corrected chi connectivity index (χ1v) is 9.83. The number of nitrogens with one attached hydrogen (secondary N) is 1. The van der Waals surface area contributed by atoms with E-state index in [1.165, 1.54) is 6.26 Å². The monoisotopic (exact) mass is 347 g/mol. The largest absolute Gasteiger partial charge is 0.466 e. The van der Waals surface area contributed by atoms with Crippen LogP contribution in [0.1, 0.15) is 33.6 Å². The second kappa shape index (κ2) is 7.99. The maximum absolute atomic E-state index is 11.9. The summed E-state index contributed by atoms with van der Waals surface area (Å²) >= 11 is 0. The summed E-state index contributed by atoms with van der Waals surface area (Å²) in [6, 6.07) is 0. The predicted molar refractivity (Wildman–Crippen MR) is 91.2 cm³/mol. The van der Waals surface area contributed by atoms with Gasteiger partial charge in [0.1, 0.15) is 0 Å². The smallest absolute Gasteiger partial charge is 0.310 e. The highest BCUT2D eigenvalue weighted by atomic mass is 32.2. The molecule has 0 radical (unpaired) electrons. The van der Waals surface area contributed by atoms with E-state index in [1.807, 2.05) is 4.90 Å². The van der Waals surface area contributed by atoms with E-state index in [0.29, 0.717) is 19.1 Å². The van der Waals surface area contributed by atoms with E-state index in [-0.39, 0.29) is 18.4 Å². The molecule has 0 aromatic carbocycles. The van der Waals surface area contributed by atoms with Crippen molar-refractivity contribution in [3.05, 3.63) is 0 Å². The van der Waals surface area contributed by atoms with Crippen LogP contribution >= 0.6 is 0 Å². The third-order valence-electron chi connectivity index (χ3n) is 4.23. The summed E-state index contributed by atoms with van der Waals surface area (Å²) in [5.41, 5.74) is 0. The number of guanidine groups is 1. The minimum atomic E-state index is -3.18. The number of likely N-dealkylation sites (tertiary alicyclic amines) is 1. The van der Waals surface area contributed by atoms with Crippen molar-refractivity contribution in [3.8, 4) is 0 Å². The third kappa shape index (κ3) is 5.37. The highest BCUT2D eigenvalue weighted by Crippen LogP contribution is 2.19. The topological polar surface area (TPSA) is 88.1 Å². The molecule has 0 amide bonds. The molecule has 23 heavy (non-hydrogen) atoms. The SMILES string of the molecule is CCOC(=O)[C@@H]1CCCN(C(=NC)NCC(C)(C)S(C)(=O)=O)C1. The van der Waals surface area contributed by atoms with Crippen LogP contribution in [0.5, 0.6) is 0 Å². The quantitative estimate of drug-likeness (QED) is 0.446. The Morgan fingerprint density at radius 1 is 1.43 bits per heavy atom. The first-order valence-electron chi connectivity index (χ1n) is 7.94. The Hall–Kier alpha value is -1.31. The molecule has 1 aliphatic heterocycles. The molecule has 0 aromatic rings. The molecule has 7 nitrogen and oxygen atoms in total. The molecule has 1 N–H and O–H groups in total. The minimum Gasteiger partial charge on any atom is -0.466 e. The molecule has 1 heterocycles. The van der Waals surface area contributed by atoms with Crippen LogP contribution in [-0.2, 0) is 19.4 Å². The number of hydrogen-bond donors (Lipinski definition) is 1. The van der Waals surface area contributed by atoms with Gasteiger partial charge in [-0.2, -0.15) is 0 Å². The molecule has 0 spiro atoms. The zero-order valence-electron chi connectivity index (χ0n) is 14.8. The first kappa shape index (κ1) is 19.7. The van der Waals surface area contributed by atoms with E-state index in [1.54, 1.807) is 27.8 Å². The lowest BCUT2D eigenvalue weighted by atomic mass is 9.98. The van der Waals surface area contributed by atoms with E-state index in [9.17, 15) is 13.2 Å². The van der Waals surface area contributed by atoms with Gasteiger partial charge in [0, 0.05) is 32.9 Å². The molecule has 0 saturated carbocycles. The van der Waals surface area contributed by atoms with E-state index >= 15 is 0 Å². The van der Waals surface area contributed by atoms with Gasteiger partial charge < -0.3 is 15.0 Å². The highest BCUT2D eigenvalue weighted by molar-refractivity contribution is 7.92. The lowest BCUT2D eigenvalue weighted by Crippen LogP contribution is -2.52. The number of carbonyl (C=O) groups excluding carboxylic acids is 1. The van der Waals surface area contributed by atoms with Crippen LogP contribution in [0.15, 0.2) is 4.99 Å². The Balaban J connectivity index is 2.70. The summed E-state index contributed by atoms with van der Waals surface area (Å²) in [5.74, 6) is 0.282. The number of sulfone groups is 1. The molecular formula is C15H29N3O4S. The van der Waals surface area contributed by atoms with Crippen molar-refractivity contribution in [2.45, 2.75) is 38.4 Å². The van der Waals surface area contributed by atoms with Crippen LogP contribution in [0.2, 0.25) is 0 Å². The molecule has 1 fully saturated rings. The molecule has 0 unspecified atom stereocenters. The lowest BCUT2D eigenvalue weighted by molar-refractivity contribution is -0.149. The third-order valence-corrected chi connectivity index (χ3v) is 6.38. The fraction of sp³-hybridized carbons (Fsp3) is 0.867. The number of rotatable bonds is 5. The van der Waals surface area contributed by atoms with Crippen LogP contribution in [0.3, 0.4) is 0 Å². The number of carbonyl (C=O) groups is 1. The van der Waals surface area contributed by atoms with E-state index < -0.39 is 14.6 Å². The molecule has 0 aliphatic carbocycles. The van der Waals surface area contributed by atoms with Gasteiger partial charge in [0.05, 0.1) is 17.3 Å². The number of piperidine rings is 1. The Morgan fingerprint density at radius 3 is 2.61 bits per heavy atom. The van der Waals surface area contributed by atoms with Crippen molar-refractivity contribution in [1.82, 2.24) is 10.2 Å². The lowest BCUT2D eigenvalue weighted by Gasteiger charge is -2.35. The van der Waals surface area contributed by atoms with Crippen molar-refractivity contribution in [3.63, 3.8) is 0 Å². The number of esters is 1. The van der Waals surface area contributed by atoms with Gasteiger partial charge in [0.15, 0.2) is 15.8 Å². The summed E-state index contributed by atoms with van der Waals surface area (Å²) < 4.78 is 27.8. The maximum Gasteiger partial charge on any atom is 0.310 e. The number of ether oxygens (including phenoxy) is 1. The Kier molecular flexibility index (Phi) is 6.85. The fourth-order valence-electron chi connectivity index (χ4n) is 2.38. The summed E-state index contributed by atoms with van der Waals surface area (Å²) in [4.78, 5) is 18.1. The highest BCUT2D eigenvalue weighted by Gasteiger charge is 2.32. The Bertz CT molecular complexity index is 543. The number of nitrogens with zero attached hydrogens (tertiary/aromatic N) is 2. The van der Waals surface area contributed by atoms with Crippen molar-refractivity contribution in [1.29, 1.82) is 0 Å². The Labute approximate surface area is 139 Å². The van der Waals surface area contributed by atoms with Gasteiger partial charge in [-0.25, -0.2) is 8.42 Å². The number of hydrogen-bond acceptors (Lipinski definition) is 5. The van der Waals surface area contributed by atoms with E-state index in [0.717, 1.165) is 19.4 Å². The Morgan fingerprint density at radius 2 is 2.09 bits per heavy atom. The molecule has 8 heteroatoms. The zero-order chi connectivity index (χ0) is 17.7. The maximum atomic E-state index is 11.9. The second-order valence-corrected chi connectivity index (χ2v) is 9.12. The molecule has 0 aromatic heterocycles. The molecule has 1 saturated heterocycles. The van der Waals surface area contributed by atoms with Gasteiger partial charge in [0.25, 0.3) is 0 Å². The fourth-order valence-corrected chi connectivity index (χ4v) is 2.71. The van der Waals surface area contributed by atoms with Crippen molar-refractivity contribution in [2.75, 3.05) is 39.5 Å². The van der Waals surface area contributed by atoms with Crippen molar-refractivity contribution < 1.29 is 17.9 Å². The van der Waals surface area contributed by atoms with E-state index in [4.69, 9.17) is 4.74 Å². The van der Waals surface area contributed by atoms with Gasteiger partial charge in [0.2, 0.25) is 0 Å². The molecule has 1 rings (SSSR count). The van der Waals surface area contributed by atoms with Gasteiger partial charge in [-0.1, -0.05) is 0 Å². The molecule has 1 aliphatic rings. The molecule has 134 valence electrons. The minimum absolute atomic E-state index is 0.162. The molecular weight excluding hydrogens is 318 g/mol. The van der Waals surface area contributed by atoms with Gasteiger partial charge in [-0.3, -0.25) is 9.79 Å². The van der Waals surface area contributed by atoms with Crippen LogP contribution in [0.25, 0.3) is 0 Å². The summed E-state index contributed by atoms with van der Waals surface area (Å²) in [5, 5.41) is 3.12. The second-order valence-electron chi connectivity index (χ2n) is 6.47. The molecule has 0 bridgehead atoms. The molecule has 1 atom stereocenters. The van der Waals surface area contributed by atoms with E-state index in [2.05, 4.69) is 10.3 Å². The van der Waals surface area contributed by atoms with Crippen LogP contribution in [0.4, 0.5) is 0 Å². The predicted octanol–water partition coefficient (Wildman–Crippen LogP) is 0.660. The summed E-state index contributed by atoms with van der Waals surface area (Å²) in [6.45, 7) is 7.13. The van der Waals surface area contributed by atoms with Crippen molar-refractivity contribution in [2.24, 2.45) is 10.9 Å². The standard InChI is InChI=1S/C15H29N3O4S/c1-6-22-13(19)12-8-7-9-18(10-12)14(16-4)17-11-15(2,3)23(5,20)21/h12H,6-11H2,1-5H3,(H,16,17)/t12-/m1/s1. The van der Waals surface area contributed by atoms with Crippen LogP contribution < -0.4 is 5.32 Å².